The Morgan fingerprint density at radius 2 is 1.75 bits per heavy atom. The second kappa shape index (κ2) is 16.2. The number of benzene rings is 1. The second-order valence-corrected chi connectivity index (χ2v) is 8.86. The van der Waals surface area contributed by atoms with Crippen LogP contribution in [0, 0.1) is 0 Å². The number of likely N-dealkylation sites (N-methyl/N-ethyl adjacent to an activating group) is 1. The van der Waals surface area contributed by atoms with Gasteiger partial charge in [0.05, 0.1) is 6.42 Å². The molecule has 0 saturated carbocycles. The van der Waals surface area contributed by atoms with E-state index in [1.165, 1.54) is 5.57 Å². The first-order valence-corrected chi connectivity index (χ1v) is 12.5. The molecule has 1 unspecified atom stereocenters. The number of allylic oxidation sites excluding steroid dienone is 4. The van der Waals surface area contributed by atoms with E-state index in [-0.39, 0.29) is 25.0 Å². The molecule has 0 spiro atoms. The van der Waals surface area contributed by atoms with Gasteiger partial charge in [0.15, 0.2) is 0 Å². The molecule has 0 saturated heterocycles. The summed E-state index contributed by atoms with van der Waals surface area (Å²) < 4.78 is 6.13. The van der Waals surface area contributed by atoms with Crippen LogP contribution in [0.3, 0.4) is 0 Å². The van der Waals surface area contributed by atoms with Crippen LogP contribution in [0.2, 0.25) is 0 Å². The number of carbonyl (C=O) groups excluding carboxylic acids is 1. The van der Waals surface area contributed by atoms with E-state index in [0.717, 1.165) is 48.9 Å². The van der Waals surface area contributed by atoms with Crippen LogP contribution in [0.25, 0.3) is 0 Å². The largest absolute Gasteiger partial charge is 0.486 e. The van der Waals surface area contributed by atoms with E-state index >= 15 is 0 Å². The molecule has 0 bridgehead atoms. The Kier molecular flexibility index (Phi) is 13.7. The molecule has 0 fully saturated rings. The van der Waals surface area contributed by atoms with Crippen molar-refractivity contribution in [3.8, 4) is 0 Å². The Hall–Kier alpha value is -3.54. The number of amides is 1. The summed E-state index contributed by atoms with van der Waals surface area (Å²) in [6, 6.07) is 7.15. The van der Waals surface area contributed by atoms with Crippen LogP contribution in [-0.2, 0) is 9.53 Å². The number of ether oxygens (including phenoxy) is 1. The average molecular weight is 495 g/mol. The third kappa shape index (κ3) is 11.3. The fourth-order valence-electron chi connectivity index (χ4n) is 3.39. The van der Waals surface area contributed by atoms with E-state index < -0.39 is 5.97 Å². The van der Waals surface area contributed by atoms with Crippen molar-refractivity contribution in [1.29, 1.82) is 0 Å². The zero-order valence-corrected chi connectivity index (χ0v) is 22.3. The second-order valence-electron chi connectivity index (χ2n) is 8.86. The third-order valence-corrected chi connectivity index (χ3v) is 5.63. The predicted molar refractivity (Wildman–Crippen MR) is 147 cm³/mol. The van der Waals surface area contributed by atoms with E-state index in [1.54, 1.807) is 12.1 Å². The first kappa shape index (κ1) is 30.5. The first-order valence-electron chi connectivity index (χ1n) is 12.5. The highest BCUT2D eigenvalue weighted by molar-refractivity contribution is 5.94. The maximum atomic E-state index is 12.2. The quantitative estimate of drug-likeness (QED) is 0.182. The minimum absolute atomic E-state index is 0.0904. The molecule has 2 N–H and O–H groups in total. The van der Waals surface area contributed by atoms with E-state index in [0.29, 0.717) is 11.3 Å². The number of rotatable bonds is 17. The summed E-state index contributed by atoms with van der Waals surface area (Å²) in [5.74, 6) is -0.729. The van der Waals surface area contributed by atoms with Crippen LogP contribution in [-0.4, -0.2) is 35.5 Å². The lowest BCUT2D eigenvalue weighted by atomic mass is 10.0. The van der Waals surface area contributed by atoms with Crippen LogP contribution >= 0.6 is 0 Å². The lowest BCUT2D eigenvalue weighted by Gasteiger charge is -2.20. The van der Waals surface area contributed by atoms with Gasteiger partial charge in [0, 0.05) is 31.1 Å². The highest BCUT2D eigenvalue weighted by Crippen LogP contribution is 2.26. The van der Waals surface area contributed by atoms with Crippen molar-refractivity contribution in [1.82, 2.24) is 10.2 Å². The number of hydrogen-bond donors (Lipinski definition) is 2. The first-order chi connectivity index (χ1) is 17.1. The van der Waals surface area contributed by atoms with E-state index in [9.17, 15) is 9.59 Å². The topological polar surface area (TPSA) is 78.9 Å². The van der Waals surface area contributed by atoms with E-state index in [1.807, 2.05) is 43.2 Å². The van der Waals surface area contributed by atoms with Crippen LogP contribution in [0.5, 0.6) is 0 Å². The number of carboxylic acids is 1. The molecule has 0 aliphatic rings. The Morgan fingerprint density at radius 1 is 1.08 bits per heavy atom. The number of hydrogen-bond acceptors (Lipinski definition) is 4. The molecule has 0 aliphatic carbocycles. The zero-order valence-electron chi connectivity index (χ0n) is 22.3. The Bertz CT molecular complexity index is 973. The Morgan fingerprint density at radius 3 is 2.31 bits per heavy atom. The molecular formula is C30H42N2O4. The van der Waals surface area contributed by atoms with Crippen LogP contribution < -0.4 is 5.32 Å². The zero-order chi connectivity index (χ0) is 27.1. The Balaban J connectivity index is 2.80. The van der Waals surface area contributed by atoms with Gasteiger partial charge in [-0.2, -0.15) is 0 Å². The van der Waals surface area contributed by atoms with Crippen molar-refractivity contribution in [2.24, 2.45) is 0 Å². The van der Waals surface area contributed by atoms with Crippen molar-refractivity contribution in [2.45, 2.75) is 65.4 Å². The summed E-state index contributed by atoms with van der Waals surface area (Å²) in [6.45, 7) is 18.7. The van der Waals surface area contributed by atoms with Gasteiger partial charge in [-0.3, -0.25) is 9.59 Å². The van der Waals surface area contributed by atoms with Crippen molar-refractivity contribution in [3.63, 3.8) is 0 Å². The maximum absolute atomic E-state index is 12.2. The summed E-state index contributed by atoms with van der Waals surface area (Å²) in [6.07, 6.45) is 10.4. The fraction of sp³-hybridized carbons (Fsp3) is 0.400. The predicted octanol–water partition coefficient (Wildman–Crippen LogP) is 6.91. The highest BCUT2D eigenvalue weighted by Gasteiger charge is 2.14. The number of unbranched alkanes of at least 4 members (excludes halogenated alkanes) is 1. The third-order valence-electron chi connectivity index (χ3n) is 5.63. The van der Waals surface area contributed by atoms with Gasteiger partial charge in [-0.25, -0.2) is 0 Å². The number of carbonyl (C=O) groups is 2. The monoisotopic (exact) mass is 494 g/mol. The van der Waals surface area contributed by atoms with Gasteiger partial charge in [0.2, 0.25) is 0 Å². The van der Waals surface area contributed by atoms with Crippen LogP contribution in [0.15, 0.2) is 85.0 Å². The molecule has 0 heterocycles. The van der Waals surface area contributed by atoms with Crippen LogP contribution in [0.1, 0.15) is 81.3 Å². The van der Waals surface area contributed by atoms with Gasteiger partial charge < -0.3 is 20.1 Å². The number of aliphatic carboxylic acids is 1. The van der Waals surface area contributed by atoms with E-state index in [4.69, 9.17) is 9.84 Å². The van der Waals surface area contributed by atoms with Gasteiger partial charge in [0.25, 0.3) is 5.91 Å². The van der Waals surface area contributed by atoms with Gasteiger partial charge in [-0.05, 0) is 61.6 Å². The molecule has 1 aromatic rings. The highest BCUT2D eigenvalue weighted by atomic mass is 16.5. The molecule has 0 aromatic heterocycles. The maximum Gasteiger partial charge on any atom is 0.305 e. The summed E-state index contributed by atoms with van der Waals surface area (Å²) in [4.78, 5) is 24.8. The van der Waals surface area contributed by atoms with Gasteiger partial charge in [0.1, 0.15) is 11.9 Å². The summed E-state index contributed by atoms with van der Waals surface area (Å²) in [7, 11) is 1.96. The van der Waals surface area contributed by atoms with Gasteiger partial charge >= 0.3 is 5.97 Å². The fourth-order valence-corrected chi connectivity index (χ4v) is 3.39. The molecule has 0 radical (unpaired) electrons. The minimum atomic E-state index is -0.949. The molecule has 196 valence electrons. The normalized spacial score (nSPS) is 12.2. The van der Waals surface area contributed by atoms with Gasteiger partial charge in [-0.15, -0.1) is 0 Å². The summed E-state index contributed by atoms with van der Waals surface area (Å²) >= 11 is 0. The summed E-state index contributed by atoms with van der Waals surface area (Å²) in [5.41, 5.74) is 4.49. The number of carboxylic acid groups (broad SMARTS) is 1. The number of nitrogens with zero attached hydrogens (tertiary/aromatic N) is 1. The number of nitrogens with one attached hydrogen (secondary N) is 1. The van der Waals surface area contributed by atoms with E-state index in [2.05, 4.69) is 45.1 Å². The molecule has 36 heavy (non-hydrogen) atoms. The smallest absolute Gasteiger partial charge is 0.305 e. The molecule has 1 aromatic carbocycles. The summed E-state index contributed by atoms with van der Waals surface area (Å²) in [5, 5.41) is 11.3. The SMILES string of the molecule is C=C(C=CC(=C)N(C)C=C(CCCC)C(=C)C)OC(CCC)c1ccc(C(=O)NCCC(=O)O)cc1. The molecular weight excluding hydrogens is 452 g/mol. The minimum Gasteiger partial charge on any atom is -0.486 e. The molecule has 1 atom stereocenters. The van der Waals surface area contributed by atoms with Crippen LogP contribution in [0.4, 0.5) is 0 Å². The van der Waals surface area contributed by atoms with Crippen molar-refractivity contribution >= 4 is 11.9 Å². The van der Waals surface area contributed by atoms with Crippen molar-refractivity contribution < 1.29 is 19.4 Å². The van der Waals surface area contributed by atoms with Crippen molar-refractivity contribution in [2.75, 3.05) is 13.6 Å². The molecule has 1 amide bonds. The molecule has 6 nitrogen and oxygen atoms in total. The Labute approximate surface area is 216 Å². The van der Waals surface area contributed by atoms with Crippen molar-refractivity contribution in [3.05, 3.63) is 96.1 Å². The average Bonchev–Trinajstić information content (AvgIpc) is 2.84. The molecule has 1 rings (SSSR count). The lowest BCUT2D eigenvalue weighted by Crippen LogP contribution is -2.25. The lowest BCUT2D eigenvalue weighted by molar-refractivity contribution is -0.136. The standard InChI is InChI=1S/C30H42N2O4/c1-8-10-12-27(22(3)4)21-32(7)23(5)13-14-24(6)36-28(11-9-2)25-15-17-26(18-16-25)30(35)31-20-19-29(33)34/h13-18,21,28H,3,5-6,8-12,19-20H2,1-2,4,7H3,(H,31,35)(H,33,34). The molecule has 6 heteroatoms. The van der Waals surface area contributed by atoms with Gasteiger partial charge in [-0.1, -0.05) is 64.1 Å². The molecule has 0 aliphatic heterocycles.